The zero-order valence-corrected chi connectivity index (χ0v) is 13.1. The third kappa shape index (κ3) is 3.72. The summed E-state index contributed by atoms with van der Waals surface area (Å²) in [7, 11) is -2.98. The van der Waals surface area contributed by atoms with Gasteiger partial charge in [-0.1, -0.05) is 11.8 Å². The third-order valence-electron chi connectivity index (χ3n) is 3.15. The van der Waals surface area contributed by atoms with E-state index in [1.54, 1.807) is 13.3 Å². The number of carbonyl (C=O) groups is 1. The van der Waals surface area contributed by atoms with Crippen molar-refractivity contribution in [2.45, 2.75) is 43.3 Å². The van der Waals surface area contributed by atoms with Crippen molar-refractivity contribution in [2.75, 3.05) is 11.5 Å². The van der Waals surface area contributed by atoms with Crippen molar-refractivity contribution < 1.29 is 13.2 Å². The molecule has 9 heteroatoms. The van der Waals surface area contributed by atoms with Gasteiger partial charge in [-0.05, 0) is 20.3 Å². The number of rotatable bonds is 5. The molecule has 0 bridgehead atoms. The number of carbonyl (C=O) groups excluding carboxylic acids is 1. The zero-order valence-electron chi connectivity index (χ0n) is 11.4. The van der Waals surface area contributed by atoms with Gasteiger partial charge in [0.1, 0.15) is 6.33 Å². The van der Waals surface area contributed by atoms with Gasteiger partial charge in [0.2, 0.25) is 5.91 Å². The summed E-state index contributed by atoms with van der Waals surface area (Å²) in [4.78, 5) is 12.1. The second kappa shape index (κ2) is 6.13. The molecule has 1 aliphatic heterocycles. The van der Waals surface area contributed by atoms with Crippen molar-refractivity contribution in [1.29, 1.82) is 0 Å². The topological polar surface area (TPSA) is 93.9 Å². The van der Waals surface area contributed by atoms with Gasteiger partial charge < -0.3 is 9.88 Å². The Morgan fingerprint density at radius 2 is 2.40 bits per heavy atom. The fourth-order valence-electron chi connectivity index (χ4n) is 1.99. The van der Waals surface area contributed by atoms with E-state index in [1.165, 1.54) is 11.8 Å². The number of thioether (sulfide) groups is 1. The van der Waals surface area contributed by atoms with Crippen LogP contribution in [-0.4, -0.2) is 51.9 Å². The summed E-state index contributed by atoms with van der Waals surface area (Å²) in [5.74, 6) is 0.0352. The Labute approximate surface area is 122 Å². The molecule has 112 valence electrons. The maximum Gasteiger partial charge on any atom is 0.233 e. The summed E-state index contributed by atoms with van der Waals surface area (Å²) in [5, 5.41) is 10.9. The number of aromatic nitrogens is 3. The lowest BCUT2D eigenvalue weighted by atomic mass is 10.2. The molecule has 1 fully saturated rings. The molecule has 7 nitrogen and oxygen atoms in total. The predicted molar refractivity (Wildman–Crippen MR) is 76.2 cm³/mol. The minimum Gasteiger partial charge on any atom is -0.351 e. The van der Waals surface area contributed by atoms with Gasteiger partial charge in [0.25, 0.3) is 0 Å². The number of hydrogen-bond acceptors (Lipinski definition) is 6. The molecule has 1 aromatic rings. The molecule has 1 amide bonds. The fourth-order valence-corrected chi connectivity index (χ4v) is 4.56. The monoisotopic (exact) mass is 318 g/mol. The lowest BCUT2D eigenvalue weighted by Crippen LogP contribution is -2.40. The van der Waals surface area contributed by atoms with Crippen LogP contribution in [0.15, 0.2) is 11.5 Å². The first kappa shape index (κ1) is 15.3. The van der Waals surface area contributed by atoms with Crippen LogP contribution in [0.2, 0.25) is 0 Å². The molecule has 0 aliphatic carbocycles. The molecule has 0 unspecified atom stereocenters. The summed E-state index contributed by atoms with van der Waals surface area (Å²) >= 11 is 1.32. The molecule has 1 aliphatic rings. The van der Waals surface area contributed by atoms with E-state index in [-0.39, 0.29) is 28.7 Å². The minimum absolute atomic E-state index is 0.0429. The van der Waals surface area contributed by atoms with Crippen molar-refractivity contribution in [3.63, 3.8) is 0 Å². The number of hydrogen-bond donors (Lipinski definition) is 1. The maximum atomic E-state index is 12.1. The Morgan fingerprint density at radius 3 is 3.00 bits per heavy atom. The van der Waals surface area contributed by atoms with E-state index in [0.29, 0.717) is 11.6 Å². The molecular weight excluding hydrogens is 300 g/mol. The van der Waals surface area contributed by atoms with Crippen molar-refractivity contribution in [1.82, 2.24) is 20.1 Å². The van der Waals surface area contributed by atoms with Gasteiger partial charge in [0.05, 0.1) is 16.8 Å². The minimum atomic E-state index is -2.98. The maximum absolute atomic E-state index is 12.1. The van der Waals surface area contributed by atoms with Gasteiger partial charge in [0, 0.05) is 12.6 Å². The first-order valence-corrected chi connectivity index (χ1v) is 9.16. The standard InChI is InChI=1S/C11H18N4O3S2/c1-3-15-7-12-14-11(15)19-8(2)10(16)13-9-4-5-20(17,18)6-9/h7-9H,3-6H2,1-2H3,(H,13,16)/t8-,9-/m1/s1. The number of aryl methyl sites for hydroxylation is 1. The lowest BCUT2D eigenvalue weighted by Gasteiger charge is -2.15. The molecule has 0 radical (unpaired) electrons. The van der Waals surface area contributed by atoms with Gasteiger partial charge in [-0.3, -0.25) is 4.79 Å². The average molecular weight is 318 g/mol. The van der Waals surface area contributed by atoms with Crippen molar-refractivity contribution in [2.24, 2.45) is 0 Å². The Hall–Kier alpha value is -1.09. The Bertz CT molecular complexity index is 584. The molecule has 20 heavy (non-hydrogen) atoms. The molecule has 2 atom stereocenters. The van der Waals surface area contributed by atoms with Gasteiger partial charge in [-0.2, -0.15) is 0 Å². The molecule has 0 spiro atoms. The molecule has 0 saturated carbocycles. The molecule has 2 heterocycles. The van der Waals surface area contributed by atoms with Crippen molar-refractivity contribution in [3.05, 3.63) is 6.33 Å². The van der Waals surface area contributed by atoms with Crippen LogP contribution in [0.25, 0.3) is 0 Å². The first-order valence-electron chi connectivity index (χ1n) is 6.46. The largest absolute Gasteiger partial charge is 0.351 e. The van der Waals surface area contributed by atoms with Crippen LogP contribution in [-0.2, 0) is 21.2 Å². The SMILES string of the molecule is CCn1cnnc1S[C@H](C)C(=O)N[C@@H]1CCS(=O)(=O)C1. The van der Waals surface area contributed by atoms with Crippen LogP contribution in [0.4, 0.5) is 0 Å². The summed E-state index contributed by atoms with van der Waals surface area (Å²) in [6.45, 7) is 4.49. The van der Waals surface area contributed by atoms with Crippen LogP contribution in [0.3, 0.4) is 0 Å². The quantitative estimate of drug-likeness (QED) is 0.773. The Balaban J connectivity index is 1.89. The van der Waals surface area contributed by atoms with Crippen LogP contribution >= 0.6 is 11.8 Å². The fraction of sp³-hybridized carbons (Fsp3) is 0.727. The van der Waals surface area contributed by atoms with E-state index in [4.69, 9.17) is 0 Å². The normalized spacial score (nSPS) is 22.6. The van der Waals surface area contributed by atoms with Crippen LogP contribution < -0.4 is 5.32 Å². The van der Waals surface area contributed by atoms with Crippen molar-refractivity contribution >= 4 is 27.5 Å². The first-order chi connectivity index (χ1) is 9.41. The highest BCUT2D eigenvalue weighted by molar-refractivity contribution is 8.00. The second-order valence-corrected chi connectivity index (χ2v) is 8.30. The van der Waals surface area contributed by atoms with Crippen LogP contribution in [0.1, 0.15) is 20.3 Å². The Morgan fingerprint density at radius 1 is 1.65 bits per heavy atom. The van der Waals surface area contributed by atoms with E-state index < -0.39 is 9.84 Å². The molecule has 1 saturated heterocycles. The van der Waals surface area contributed by atoms with E-state index in [9.17, 15) is 13.2 Å². The molecule has 2 rings (SSSR count). The van der Waals surface area contributed by atoms with E-state index in [1.807, 2.05) is 11.5 Å². The zero-order chi connectivity index (χ0) is 14.8. The molecular formula is C11H18N4O3S2. The summed E-state index contributed by atoms with van der Waals surface area (Å²) in [6, 6.07) is -0.264. The Kier molecular flexibility index (Phi) is 4.69. The van der Waals surface area contributed by atoms with Gasteiger partial charge in [0.15, 0.2) is 15.0 Å². The molecule has 0 aromatic carbocycles. The average Bonchev–Trinajstić information content (AvgIpc) is 2.95. The predicted octanol–water partition coefficient (Wildman–Crippen LogP) is 0.0819. The van der Waals surface area contributed by atoms with Crippen LogP contribution in [0, 0.1) is 0 Å². The lowest BCUT2D eigenvalue weighted by molar-refractivity contribution is -0.120. The van der Waals surface area contributed by atoms with E-state index >= 15 is 0 Å². The smallest absolute Gasteiger partial charge is 0.233 e. The summed E-state index contributed by atoms with van der Waals surface area (Å²) in [5.41, 5.74) is 0. The summed E-state index contributed by atoms with van der Waals surface area (Å²) < 4.78 is 24.6. The number of sulfone groups is 1. The second-order valence-electron chi connectivity index (χ2n) is 4.77. The number of nitrogens with one attached hydrogen (secondary N) is 1. The van der Waals surface area contributed by atoms with Gasteiger partial charge in [-0.25, -0.2) is 8.42 Å². The third-order valence-corrected chi connectivity index (χ3v) is 6.01. The van der Waals surface area contributed by atoms with E-state index in [2.05, 4.69) is 15.5 Å². The molecule has 1 aromatic heterocycles. The van der Waals surface area contributed by atoms with Crippen molar-refractivity contribution in [3.8, 4) is 0 Å². The summed E-state index contributed by atoms with van der Waals surface area (Å²) in [6.07, 6.45) is 2.12. The molecule has 1 N–H and O–H groups in total. The highest BCUT2D eigenvalue weighted by Gasteiger charge is 2.30. The van der Waals surface area contributed by atoms with Crippen LogP contribution in [0.5, 0.6) is 0 Å². The highest BCUT2D eigenvalue weighted by Crippen LogP contribution is 2.21. The van der Waals surface area contributed by atoms with Gasteiger partial charge in [-0.15, -0.1) is 10.2 Å². The number of nitrogens with zero attached hydrogens (tertiary/aromatic N) is 3. The highest BCUT2D eigenvalue weighted by atomic mass is 32.2. The van der Waals surface area contributed by atoms with Gasteiger partial charge >= 0.3 is 0 Å². The van der Waals surface area contributed by atoms with E-state index in [0.717, 1.165) is 6.54 Å². The number of amides is 1.